The van der Waals surface area contributed by atoms with Gasteiger partial charge in [0.15, 0.2) is 5.58 Å². The van der Waals surface area contributed by atoms with Gasteiger partial charge >= 0.3 is 0 Å². The van der Waals surface area contributed by atoms with Crippen molar-refractivity contribution in [1.82, 2.24) is 19.8 Å². The average Bonchev–Trinajstić information content (AvgIpc) is 3.11. The molecule has 0 atom stereocenters. The summed E-state index contributed by atoms with van der Waals surface area (Å²) in [6.07, 6.45) is 3.37. The number of benzene rings is 1. The smallest absolute Gasteiger partial charge is 0.291 e. The molecule has 0 bridgehead atoms. The molecule has 0 spiro atoms. The predicted octanol–water partition coefficient (Wildman–Crippen LogP) is 3.01. The maximum Gasteiger partial charge on any atom is 0.291 e. The number of fused-ring (bicyclic) bond motifs is 1. The Kier molecular flexibility index (Phi) is 5.32. The van der Waals surface area contributed by atoms with Gasteiger partial charge in [0.25, 0.3) is 5.56 Å². The maximum atomic E-state index is 13.3. The molecule has 9 heteroatoms. The molecular weight excluding hydrogens is 385 g/mol. The van der Waals surface area contributed by atoms with Crippen molar-refractivity contribution < 1.29 is 8.91 Å². The van der Waals surface area contributed by atoms with Crippen LogP contribution in [0.3, 0.4) is 0 Å². The van der Waals surface area contributed by atoms with Gasteiger partial charge in [-0.05, 0) is 38.1 Å². The molecule has 28 heavy (non-hydrogen) atoms. The molecule has 4 rings (SSSR count). The van der Waals surface area contributed by atoms with Gasteiger partial charge in [-0.3, -0.25) is 4.79 Å². The molecule has 1 fully saturated rings. The topological polar surface area (TPSA) is 76.2 Å². The summed E-state index contributed by atoms with van der Waals surface area (Å²) in [5.41, 5.74) is 1.56. The summed E-state index contributed by atoms with van der Waals surface area (Å²) in [5, 5.41) is 12.4. The van der Waals surface area contributed by atoms with Gasteiger partial charge in [0.2, 0.25) is 0 Å². The van der Waals surface area contributed by atoms with Crippen molar-refractivity contribution in [2.24, 2.45) is 7.05 Å². The van der Waals surface area contributed by atoms with Crippen molar-refractivity contribution >= 4 is 28.3 Å². The van der Waals surface area contributed by atoms with Crippen molar-refractivity contribution in [3.63, 3.8) is 0 Å². The Labute approximate surface area is 166 Å². The van der Waals surface area contributed by atoms with Crippen molar-refractivity contribution in [3.8, 4) is 0 Å². The van der Waals surface area contributed by atoms with Crippen LogP contribution in [-0.2, 0) is 7.05 Å². The molecule has 1 aliphatic heterocycles. The van der Waals surface area contributed by atoms with E-state index in [1.165, 1.54) is 23.0 Å². The molecule has 0 aliphatic carbocycles. The Morgan fingerprint density at radius 1 is 1.36 bits per heavy atom. The molecule has 1 aliphatic rings. The first-order valence-corrected chi connectivity index (χ1v) is 9.63. The van der Waals surface area contributed by atoms with Crippen molar-refractivity contribution in [1.29, 1.82) is 0 Å². The van der Waals surface area contributed by atoms with E-state index in [1.54, 1.807) is 13.1 Å². The SMILES string of the molecule is Cn1ncc(Cl)c(NCCN2CCC(c3noc4cc(F)ccc34)CC2)c1=O. The second-order valence-electron chi connectivity index (χ2n) is 7.05. The predicted molar refractivity (Wildman–Crippen MR) is 105 cm³/mol. The quantitative estimate of drug-likeness (QED) is 0.703. The number of halogens is 2. The Hall–Kier alpha value is -2.45. The second kappa shape index (κ2) is 7.89. The van der Waals surface area contributed by atoms with Gasteiger partial charge in [-0.2, -0.15) is 5.10 Å². The highest BCUT2D eigenvalue weighted by Gasteiger charge is 2.25. The number of likely N-dealkylation sites (tertiary alicyclic amines) is 1. The normalized spacial score (nSPS) is 16.0. The number of nitrogens with one attached hydrogen (secondary N) is 1. The van der Waals surface area contributed by atoms with Crippen LogP contribution in [0.1, 0.15) is 24.5 Å². The first-order valence-electron chi connectivity index (χ1n) is 9.26. The van der Waals surface area contributed by atoms with E-state index in [1.807, 2.05) is 0 Å². The third-order valence-electron chi connectivity index (χ3n) is 5.26. The van der Waals surface area contributed by atoms with Crippen LogP contribution in [0.4, 0.5) is 10.1 Å². The van der Waals surface area contributed by atoms with Gasteiger partial charge in [0, 0.05) is 37.5 Å². The molecule has 0 unspecified atom stereocenters. The van der Waals surface area contributed by atoms with E-state index in [2.05, 4.69) is 20.5 Å². The van der Waals surface area contributed by atoms with Gasteiger partial charge in [0.05, 0.1) is 16.9 Å². The fourth-order valence-corrected chi connectivity index (χ4v) is 3.86. The molecule has 7 nitrogen and oxygen atoms in total. The highest BCUT2D eigenvalue weighted by Crippen LogP contribution is 2.32. The Morgan fingerprint density at radius 2 is 2.14 bits per heavy atom. The molecule has 1 saturated heterocycles. The van der Waals surface area contributed by atoms with E-state index in [9.17, 15) is 9.18 Å². The van der Waals surface area contributed by atoms with Gasteiger partial charge in [-0.1, -0.05) is 16.8 Å². The third-order valence-corrected chi connectivity index (χ3v) is 5.54. The summed E-state index contributed by atoms with van der Waals surface area (Å²) in [4.78, 5) is 14.4. The van der Waals surface area contributed by atoms with Gasteiger partial charge in [0.1, 0.15) is 11.5 Å². The van der Waals surface area contributed by atoms with Gasteiger partial charge in [-0.25, -0.2) is 9.07 Å². The third kappa shape index (κ3) is 3.74. The Bertz CT molecular complexity index is 1040. The zero-order valence-electron chi connectivity index (χ0n) is 15.5. The highest BCUT2D eigenvalue weighted by atomic mass is 35.5. The molecule has 1 aromatic carbocycles. The zero-order valence-corrected chi connectivity index (χ0v) is 16.2. The minimum Gasteiger partial charge on any atom is -0.378 e. The number of hydrogen-bond donors (Lipinski definition) is 1. The first-order chi connectivity index (χ1) is 13.5. The van der Waals surface area contributed by atoms with Gasteiger partial charge in [-0.15, -0.1) is 0 Å². The first kappa shape index (κ1) is 18.9. The number of nitrogens with zero attached hydrogens (tertiary/aromatic N) is 4. The van der Waals surface area contributed by atoms with E-state index < -0.39 is 0 Å². The second-order valence-corrected chi connectivity index (χ2v) is 7.45. The van der Waals surface area contributed by atoms with E-state index >= 15 is 0 Å². The van der Waals surface area contributed by atoms with Crippen molar-refractivity contribution in [2.75, 3.05) is 31.5 Å². The van der Waals surface area contributed by atoms with E-state index in [4.69, 9.17) is 16.1 Å². The van der Waals surface area contributed by atoms with Crippen LogP contribution in [0.5, 0.6) is 0 Å². The Morgan fingerprint density at radius 3 is 2.93 bits per heavy atom. The molecule has 0 saturated carbocycles. The molecule has 2 aromatic heterocycles. The maximum absolute atomic E-state index is 13.3. The van der Waals surface area contributed by atoms with E-state index in [0.717, 1.165) is 43.6 Å². The number of aromatic nitrogens is 3. The summed E-state index contributed by atoms with van der Waals surface area (Å²) in [6, 6.07) is 4.56. The molecular formula is C19H21ClFN5O2. The van der Waals surface area contributed by atoms with Crippen LogP contribution < -0.4 is 10.9 Å². The fraction of sp³-hybridized carbons (Fsp3) is 0.421. The average molecular weight is 406 g/mol. The van der Waals surface area contributed by atoms with Crippen LogP contribution in [0.15, 0.2) is 33.7 Å². The summed E-state index contributed by atoms with van der Waals surface area (Å²) >= 11 is 6.07. The molecule has 0 radical (unpaired) electrons. The summed E-state index contributed by atoms with van der Waals surface area (Å²) in [6.45, 7) is 3.27. The zero-order chi connectivity index (χ0) is 19.7. The summed E-state index contributed by atoms with van der Waals surface area (Å²) in [7, 11) is 1.59. The minimum atomic E-state index is -0.318. The lowest BCUT2D eigenvalue weighted by Gasteiger charge is -2.31. The number of aryl methyl sites for hydroxylation is 1. The summed E-state index contributed by atoms with van der Waals surface area (Å²) < 4.78 is 19.9. The van der Waals surface area contributed by atoms with Crippen LogP contribution in [0, 0.1) is 5.82 Å². The molecule has 3 heterocycles. The number of hydrogen-bond acceptors (Lipinski definition) is 6. The molecule has 148 valence electrons. The van der Waals surface area contributed by atoms with Crippen LogP contribution in [0.25, 0.3) is 11.0 Å². The molecule has 3 aromatic rings. The van der Waals surface area contributed by atoms with Gasteiger partial charge < -0.3 is 14.7 Å². The lowest BCUT2D eigenvalue weighted by molar-refractivity contribution is 0.216. The van der Waals surface area contributed by atoms with Crippen LogP contribution in [0.2, 0.25) is 5.02 Å². The van der Waals surface area contributed by atoms with Crippen molar-refractivity contribution in [3.05, 3.63) is 51.3 Å². The lowest BCUT2D eigenvalue weighted by atomic mass is 9.91. The molecule has 0 amide bonds. The Balaban J connectivity index is 1.32. The number of anilines is 1. The van der Waals surface area contributed by atoms with Crippen molar-refractivity contribution in [2.45, 2.75) is 18.8 Å². The highest BCUT2D eigenvalue weighted by molar-refractivity contribution is 6.32. The number of rotatable bonds is 5. The summed E-state index contributed by atoms with van der Waals surface area (Å²) in [5.74, 6) is -0.0143. The van der Waals surface area contributed by atoms with Crippen LogP contribution in [-0.4, -0.2) is 46.0 Å². The lowest BCUT2D eigenvalue weighted by Crippen LogP contribution is -2.37. The van der Waals surface area contributed by atoms with E-state index in [-0.39, 0.29) is 11.4 Å². The largest absolute Gasteiger partial charge is 0.378 e. The number of piperidine rings is 1. The monoisotopic (exact) mass is 405 g/mol. The standard InChI is InChI=1S/C19H21ClFN5O2/c1-25-19(27)18(15(20)11-23-25)22-6-9-26-7-4-12(5-8-26)17-14-3-2-13(21)10-16(14)28-24-17/h2-3,10-12,22H,4-9H2,1H3. The minimum absolute atomic E-state index is 0.236. The van der Waals surface area contributed by atoms with E-state index in [0.29, 0.717) is 28.8 Å². The van der Waals surface area contributed by atoms with Crippen LogP contribution >= 0.6 is 11.6 Å². The fourth-order valence-electron chi connectivity index (χ4n) is 3.67. The molecule has 1 N–H and O–H groups in total.